The average Bonchev–Trinajstić information content (AvgIpc) is 2.33. The van der Waals surface area contributed by atoms with Crippen molar-refractivity contribution < 1.29 is 14.6 Å². The summed E-state index contributed by atoms with van der Waals surface area (Å²) in [5.74, 6) is -0.133. The molecule has 5 heteroatoms. The van der Waals surface area contributed by atoms with Gasteiger partial charge in [0.15, 0.2) is 0 Å². The zero-order chi connectivity index (χ0) is 12.3. The first kappa shape index (κ1) is 12.8. The van der Waals surface area contributed by atoms with Crippen molar-refractivity contribution in [3.05, 3.63) is 0 Å². The number of ether oxygens (including phenoxy) is 1. The van der Waals surface area contributed by atoms with Gasteiger partial charge in [0.2, 0.25) is 5.91 Å². The quantitative estimate of drug-likeness (QED) is 0.632. The van der Waals surface area contributed by atoms with E-state index >= 15 is 0 Å². The summed E-state index contributed by atoms with van der Waals surface area (Å²) >= 11 is 0. The lowest BCUT2D eigenvalue weighted by molar-refractivity contribution is -0.131. The van der Waals surface area contributed by atoms with Crippen molar-refractivity contribution in [2.45, 2.75) is 56.2 Å². The van der Waals surface area contributed by atoms with Crippen molar-refractivity contribution in [1.82, 2.24) is 5.32 Å². The molecule has 2 atom stereocenters. The number of aliphatic hydroxyl groups is 1. The number of nitrogens with one attached hydrogen (secondary N) is 1. The van der Waals surface area contributed by atoms with Crippen LogP contribution >= 0.6 is 0 Å². The molecule has 2 fully saturated rings. The molecule has 2 rings (SSSR count). The first-order valence-corrected chi connectivity index (χ1v) is 6.47. The molecule has 17 heavy (non-hydrogen) atoms. The number of hydrogen-bond donors (Lipinski definition) is 3. The largest absolute Gasteiger partial charge is 0.391 e. The third-order valence-electron chi connectivity index (χ3n) is 3.88. The highest BCUT2D eigenvalue weighted by atomic mass is 16.5. The highest BCUT2D eigenvalue weighted by Gasteiger charge is 2.38. The lowest BCUT2D eigenvalue weighted by Crippen LogP contribution is -2.60. The van der Waals surface area contributed by atoms with Gasteiger partial charge < -0.3 is 20.9 Å². The highest BCUT2D eigenvalue weighted by molar-refractivity contribution is 5.86. The van der Waals surface area contributed by atoms with E-state index in [9.17, 15) is 9.90 Å². The maximum Gasteiger partial charge on any atom is 0.240 e. The Labute approximate surface area is 102 Å². The average molecular weight is 242 g/mol. The standard InChI is InChI=1S/C12H22N2O3/c13-12(5-7-17-8-6-12)11(16)14-9-3-1-2-4-10(9)15/h9-10,15H,1-8,13H2,(H,14,16)/t9-,10-/m0/s1. The SMILES string of the molecule is NC1(C(=O)N[C@H]2CCCC[C@@H]2O)CCOCC1. The smallest absolute Gasteiger partial charge is 0.240 e. The van der Waals surface area contributed by atoms with Gasteiger partial charge in [-0.05, 0) is 25.7 Å². The molecule has 1 saturated carbocycles. The van der Waals surface area contributed by atoms with Gasteiger partial charge >= 0.3 is 0 Å². The number of carbonyl (C=O) groups excluding carboxylic acids is 1. The van der Waals surface area contributed by atoms with Crippen LogP contribution in [0.3, 0.4) is 0 Å². The number of amides is 1. The molecule has 1 aliphatic carbocycles. The summed E-state index contributed by atoms with van der Waals surface area (Å²) in [5, 5.41) is 12.7. The van der Waals surface area contributed by atoms with Crippen molar-refractivity contribution in [1.29, 1.82) is 0 Å². The van der Waals surface area contributed by atoms with Gasteiger partial charge in [0.05, 0.1) is 17.7 Å². The monoisotopic (exact) mass is 242 g/mol. The predicted molar refractivity (Wildman–Crippen MR) is 63.4 cm³/mol. The van der Waals surface area contributed by atoms with Gasteiger partial charge in [-0.25, -0.2) is 0 Å². The Balaban J connectivity index is 1.90. The van der Waals surface area contributed by atoms with Crippen LogP contribution in [-0.4, -0.2) is 41.9 Å². The van der Waals surface area contributed by atoms with Crippen LogP contribution in [0.5, 0.6) is 0 Å². The normalized spacial score (nSPS) is 33.1. The van der Waals surface area contributed by atoms with Gasteiger partial charge in [-0.3, -0.25) is 4.79 Å². The van der Waals surface area contributed by atoms with Gasteiger partial charge in [-0.15, -0.1) is 0 Å². The first-order chi connectivity index (χ1) is 8.12. The third-order valence-corrected chi connectivity index (χ3v) is 3.88. The fourth-order valence-corrected chi connectivity index (χ4v) is 2.55. The van der Waals surface area contributed by atoms with E-state index < -0.39 is 11.6 Å². The Morgan fingerprint density at radius 1 is 1.29 bits per heavy atom. The van der Waals surface area contributed by atoms with E-state index in [0.717, 1.165) is 25.7 Å². The summed E-state index contributed by atoms with van der Waals surface area (Å²) in [6, 6.07) is -0.125. The number of nitrogens with two attached hydrogens (primary N) is 1. The molecule has 0 aromatic carbocycles. The molecular formula is C12H22N2O3. The minimum absolute atomic E-state index is 0.125. The molecule has 1 heterocycles. The zero-order valence-electron chi connectivity index (χ0n) is 10.2. The van der Waals surface area contributed by atoms with E-state index in [2.05, 4.69) is 5.32 Å². The summed E-state index contributed by atoms with van der Waals surface area (Å²) in [4.78, 5) is 12.1. The Kier molecular flexibility index (Phi) is 4.01. The second kappa shape index (κ2) is 5.33. The zero-order valence-corrected chi connectivity index (χ0v) is 10.2. The predicted octanol–water partition coefficient (Wildman–Crippen LogP) is -0.0860. The van der Waals surface area contributed by atoms with E-state index in [-0.39, 0.29) is 11.9 Å². The minimum Gasteiger partial charge on any atom is -0.391 e. The van der Waals surface area contributed by atoms with E-state index in [0.29, 0.717) is 26.1 Å². The van der Waals surface area contributed by atoms with Gasteiger partial charge in [0.25, 0.3) is 0 Å². The Morgan fingerprint density at radius 2 is 1.94 bits per heavy atom. The number of aliphatic hydroxyl groups excluding tert-OH is 1. The number of hydrogen-bond acceptors (Lipinski definition) is 4. The fraction of sp³-hybridized carbons (Fsp3) is 0.917. The van der Waals surface area contributed by atoms with Crippen molar-refractivity contribution >= 4 is 5.91 Å². The molecule has 0 spiro atoms. The second-order valence-electron chi connectivity index (χ2n) is 5.20. The molecule has 1 aliphatic heterocycles. The number of rotatable bonds is 2. The molecule has 5 nitrogen and oxygen atoms in total. The van der Waals surface area contributed by atoms with Crippen LogP contribution in [0.4, 0.5) is 0 Å². The molecular weight excluding hydrogens is 220 g/mol. The summed E-state index contributed by atoms with van der Waals surface area (Å²) in [6.45, 7) is 1.08. The van der Waals surface area contributed by atoms with Crippen LogP contribution in [0.2, 0.25) is 0 Å². The molecule has 0 bridgehead atoms. The van der Waals surface area contributed by atoms with Crippen LogP contribution in [0.25, 0.3) is 0 Å². The van der Waals surface area contributed by atoms with Crippen LogP contribution in [0.1, 0.15) is 38.5 Å². The second-order valence-corrected chi connectivity index (χ2v) is 5.20. The molecule has 4 N–H and O–H groups in total. The van der Waals surface area contributed by atoms with Crippen molar-refractivity contribution in [2.75, 3.05) is 13.2 Å². The van der Waals surface area contributed by atoms with Crippen molar-refractivity contribution in [2.24, 2.45) is 5.73 Å². The van der Waals surface area contributed by atoms with E-state index in [1.54, 1.807) is 0 Å². The van der Waals surface area contributed by atoms with Gasteiger partial charge in [0.1, 0.15) is 0 Å². The molecule has 1 amide bonds. The maximum absolute atomic E-state index is 12.1. The van der Waals surface area contributed by atoms with E-state index in [1.807, 2.05) is 0 Å². The van der Waals surface area contributed by atoms with E-state index in [1.165, 1.54) is 0 Å². The van der Waals surface area contributed by atoms with Crippen LogP contribution in [-0.2, 0) is 9.53 Å². The summed E-state index contributed by atoms with van der Waals surface area (Å²) in [7, 11) is 0. The lowest BCUT2D eigenvalue weighted by Gasteiger charge is -2.35. The minimum atomic E-state index is -0.810. The molecule has 1 saturated heterocycles. The summed E-state index contributed by atoms with van der Waals surface area (Å²) in [5.41, 5.74) is 5.28. The third kappa shape index (κ3) is 2.97. The molecule has 0 radical (unpaired) electrons. The molecule has 98 valence electrons. The topological polar surface area (TPSA) is 84.6 Å². The Bertz CT molecular complexity index is 277. The maximum atomic E-state index is 12.1. The van der Waals surface area contributed by atoms with Gasteiger partial charge in [-0.2, -0.15) is 0 Å². The first-order valence-electron chi connectivity index (χ1n) is 6.47. The van der Waals surface area contributed by atoms with Gasteiger partial charge in [0, 0.05) is 13.2 Å². The fourth-order valence-electron chi connectivity index (χ4n) is 2.55. The molecule has 2 aliphatic rings. The van der Waals surface area contributed by atoms with Crippen LogP contribution in [0, 0.1) is 0 Å². The Morgan fingerprint density at radius 3 is 2.59 bits per heavy atom. The van der Waals surface area contributed by atoms with Crippen LogP contribution in [0.15, 0.2) is 0 Å². The molecule has 0 unspecified atom stereocenters. The Hall–Kier alpha value is -0.650. The van der Waals surface area contributed by atoms with Crippen molar-refractivity contribution in [3.8, 4) is 0 Å². The van der Waals surface area contributed by atoms with E-state index in [4.69, 9.17) is 10.5 Å². The lowest BCUT2D eigenvalue weighted by atomic mass is 9.88. The van der Waals surface area contributed by atoms with Crippen molar-refractivity contribution in [3.63, 3.8) is 0 Å². The van der Waals surface area contributed by atoms with Gasteiger partial charge in [-0.1, -0.05) is 12.8 Å². The van der Waals surface area contributed by atoms with Crippen LogP contribution < -0.4 is 11.1 Å². The molecule has 0 aromatic rings. The summed E-state index contributed by atoms with van der Waals surface area (Å²) in [6.07, 6.45) is 4.41. The molecule has 0 aromatic heterocycles. The summed E-state index contributed by atoms with van der Waals surface area (Å²) < 4.78 is 5.22. The highest BCUT2D eigenvalue weighted by Crippen LogP contribution is 2.21. The number of carbonyl (C=O) groups is 1.